The first kappa shape index (κ1) is 22.2. The molecule has 8 nitrogen and oxygen atoms in total. The van der Waals surface area contributed by atoms with E-state index in [4.69, 9.17) is 9.26 Å². The first-order chi connectivity index (χ1) is 13.7. The van der Waals surface area contributed by atoms with Crippen molar-refractivity contribution in [1.82, 2.24) is 14.8 Å². The number of aromatic nitrogens is 1. The number of nitrogens with zero attached hydrogens (tertiary/aromatic N) is 2. The van der Waals surface area contributed by atoms with E-state index in [2.05, 4.69) is 23.7 Å². The summed E-state index contributed by atoms with van der Waals surface area (Å²) in [6, 6.07) is 0.776. The molecule has 2 fully saturated rings. The van der Waals surface area contributed by atoms with E-state index in [0.29, 0.717) is 31.9 Å². The van der Waals surface area contributed by atoms with E-state index >= 15 is 0 Å². The number of carbonyl (C=O) groups excluding carboxylic acids is 1. The predicted molar refractivity (Wildman–Crippen MR) is 109 cm³/mol. The minimum atomic E-state index is -3.40. The minimum absolute atomic E-state index is 0.160. The fourth-order valence-corrected chi connectivity index (χ4v) is 5.38. The number of rotatable bonds is 7. The van der Waals surface area contributed by atoms with E-state index in [1.54, 1.807) is 4.90 Å². The normalized spacial score (nSPS) is 28.6. The molecule has 164 valence electrons. The highest BCUT2D eigenvalue weighted by Crippen LogP contribution is 2.32. The fraction of sp³-hybridized carbons (Fsp3) is 0.800. The van der Waals surface area contributed by atoms with E-state index in [1.807, 2.05) is 0 Å². The van der Waals surface area contributed by atoms with Gasteiger partial charge in [-0.1, -0.05) is 19.0 Å². The van der Waals surface area contributed by atoms with Crippen molar-refractivity contribution in [2.75, 3.05) is 19.4 Å². The van der Waals surface area contributed by atoms with Crippen LogP contribution in [0.4, 0.5) is 0 Å². The molecule has 0 aromatic carbocycles. The van der Waals surface area contributed by atoms with Crippen molar-refractivity contribution in [1.29, 1.82) is 0 Å². The number of sulfonamides is 1. The highest BCUT2D eigenvalue weighted by Gasteiger charge is 2.38. The van der Waals surface area contributed by atoms with Crippen LogP contribution in [0.3, 0.4) is 0 Å². The van der Waals surface area contributed by atoms with E-state index in [-0.39, 0.29) is 29.9 Å². The van der Waals surface area contributed by atoms with Gasteiger partial charge in [0.2, 0.25) is 15.8 Å². The van der Waals surface area contributed by atoms with E-state index < -0.39 is 10.0 Å². The molecule has 1 amide bonds. The summed E-state index contributed by atoms with van der Waals surface area (Å²) in [7, 11) is -3.40. The van der Waals surface area contributed by atoms with Gasteiger partial charge in [0.1, 0.15) is 0 Å². The number of nitrogens with one attached hydrogen (secondary N) is 1. The summed E-state index contributed by atoms with van der Waals surface area (Å²) in [5.41, 5.74) is 0. The number of piperidine rings is 1. The molecule has 2 heterocycles. The topological polar surface area (TPSA) is 102 Å². The summed E-state index contributed by atoms with van der Waals surface area (Å²) in [4.78, 5) is 14.6. The maximum Gasteiger partial charge on any atom is 0.292 e. The summed E-state index contributed by atoms with van der Waals surface area (Å²) >= 11 is 0. The summed E-state index contributed by atoms with van der Waals surface area (Å²) in [6.45, 7) is 5.38. The van der Waals surface area contributed by atoms with Crippen LogP contribution in [0.2, 0.25) is 0 Å². The third kappa shape index (κ3) is 6.02. The highest BCUT2D eigenvalue weighted by atomic mass is 32.2. The summed E-state index contributed by atoms with van der Waals surface area (Å²) in [5.74, 6) is 1.31. The Morgan fingerprint density at radius 2 is 2.03 bits per heavy atom. The van der Waals surface area contributed by atoms with Gasteiger partial charge in [0.15, 0.2) is 0 Å². The van der Waals surface area contributed by atoms with Gasteiger partial charge in [-0.15, -0.1) is 0 Å². The Morgan fingerprint density at radius 1 is 1.31 bits per heavy atom. The average Bonchev–Trinajstić information content (AvgIpc) is 3.20. The number of likely N-dealkylation sites (tertiary alicyclic amines) is 1. The first-order valence-corrected chi connectivity index (χ1v) is 12.4. The molecule has 9 heteroatoms. The molecule has 1 aromatic heterocycles. The van der Waals surface area contributed by atoms with E-state index in [9.17, 15) is 13.2 Å². The minimum Gasteiger partial charge on any atom is -0.376 e. The van der Waals surface area contributed by atoms with Gasteiger partial charge >= 0.3 is 0 Å². The first-order valence-electron chi connectivity index (χ1n) is 10.5. The molecule has 2 atom stereocenters. The SMILES string of the molecule is CC(C)C1CCC(OC[C@H]2[C@@H](NS(C)(=O)=O)CCCN2C(=O)c2ccno2)CC1. The number of hydrogen-bond donors (Lipinski definition) is 1. The fourth-order valence-electron chi connectivity index (χ4n) is 4.55. The molecule has 0 spiro atoms. The second kappa shape index (κ2) is 9.57. The second-order valence-electron chi connectivity index (χ2n) is 8.70. The van der Waals surface area contributed by atoms with Crippen molar-refractivity contribution in [3.05, 3.63) is 18.0 Å². The lowest BCUT2D eigenvalue weighted by atomic mass is 9.80. The molecule has 0 unspecified atom stereocenters. The molecule has 1 aromatic rings. The summed E-state index contributed by atoms with van der Waals surface area (Å²) in [5, 5.41) is 3.62. The lowest BCUT2D eigenvalue weighted by Crippen LogP contribution is -2.59. The second-order valence-corrected chi connectivity index (χ2v) is 10.5. The third-order valence-electron chi connectivity index (χ3n) is 6.22. The van der Waals surface area contributed by atoms with Gasteiger partial charge in [-0.05, 0) is 50.4 Å². The Labute approximate surface area is 173 Å². The molecule has 1 N–H and O–H groups in total. The van der Waals surface area contributed by atoms with Crippen LogP contribution in [0.25, 0.3) is 0 Å². The maximum atomic E-state index is 12.9. The number of ether oxygens (including phenoxy) is 1. The van der Waals surface area contributed by atoms with Crippen molar-refractivity contribution in [2.24, 2.45) is 11.8 Å². The van der Waals surface area contributed by atoms with Gasteiger partial charge < -0.3 is 14.2 Å². The number of carbonyl (C=O) groups is 1. The maximum absolute atomic E-state index is 12.9. The van der Waals surface area contributed by atoms with Crippen molar-refractivity contribution in [2.45, 2.75) is 70.6 Å². The Hall–Kier alpha value is -1.45. The number of amides is 1. The van der Waals surface area contributed by atoms with Crippen LogP contribution >= 0.6 is 0 Å². The Balaban J connectivity index is 1.68. The molecular formula is C20H33N3O5S. The molecule has 29 heavy (non-hydrogen) atoms. The van der Waals surface area contributed by atoms with Gasteiger partial charge in [-0.3, -0.25) is 4.79 Å². The molecule has 1 aliphatic carbocycles. The average molecular weight is 428 g/mol. The molecule has 3 rings (SSSR count). The highest BCUT2D eigenvalue weighted by molar-refractivity contribution is 7.88. The zero-order chi connectivity index (χ0) is 21.0. The van der Waals surface area contributed by atoms with Gasteiger partial charge in [0.25, 0.3) is 5.91 Å². The molecular weight excluding hydrogens is 394 g/mol. The van der Waals surface area contributed by atoms with Crippen molar-refractivity contribution in [3.63, 3.8) is 0 Å². The zero-order valence-electron chi connectivity index (χ0n) is 17.5. The predicted octanol–water partition coefficient (Wildman–Crippen LogP) is 2.43. The Bertz CT molecular complexity index is 757. The molecule has 1 saturated carbocycles. The Kier molecular flexibility index (Phi) is 7.34. The van der Waals surface area contributed by atoms with E-state index in [0.717, 1.165) is 37.9 Å². The van der Waals surface area contributed by atoms with Gasteiger partial charge in [0, 0.05) is 18.7 Å². The lowest BCUT2D eigenvalue weighted by molar-refractivity contribution is -0.0289. The van der Waals surface area contributed by atoms with Crippen LogP contribution in [-0.4, -0.2) is 62.0 Å². The van der Waals surface area contributed by atoms with Crippen LogP contribution in [0.5, 0.6) is 0 Å². The largest absolute Gasteiger partial charge is 0.376 e. The Morgan fingerprint density at radius 3 is 2.62 bits per heavy atom. The monoisotopic (exact) mass is 427 g/mol. The van der Waals surface area contributed by atoms with Gasteiger partial charge in [-0.2, -0.15) is 0 Å². The van der Waals surface area contributed by atoms with Crippen LogP contribution in [0.15, 0.2) is 16.8 Å². The molecule has 0 radical (unpaired) electrons. The van der Waals surface area contributed by atoms with Gasteiger partial charge in [0.05, 0.1) is 31.2 Å². The third-order valence-corrected chi connectivity index (χ3v) is 6.95. The van der Waals surface area contributed by atoms with Crippen LogP contribution in [-0.2, 0) is 14.8 Å². The summed E-state index contributed by atoms with van der Waals surface area (Å²) < 4.78 is 37.7. The van der Waals surface area contributed by atoms with E-state index in [1.165, 1.54) is 12.3 Å². The molecule has 1 aliphatic heterocycles. The smallest absolute Gasteiger partial charge is 0.292 e. The van der Waals surface area contributed by atoms with Crippen molar-refractivity contribution < 1.29 is 22.5 Å². The van der Waals surface area contributed by atoms with Crippen LogP contribution in [0.1, 0.15) is 62.9 Å². The zero-order valence-corrected chi connectivity index (χ0v) is 18.4. The van der Waals surface area contributed by atoms with Crippen molar-refractivity contribution >= 4 is 15.9 Å². The van der Waals surface area contributed by atoms with Crippen LogP contribution in [0, 0.1) is 11.8 Å². The van der Waals surface area contributed by atoms with Crippen molar-refractivity contribution in [3.8, 4) is 0 Å². The van der Waals surface area contributed by atoms with Gasteiger partial charge in [-0.25, -0.2) is 13.1 Å². The molecule has 1 saturated heterocycles. The summed E-state index contributed by atoms with van der Waals surface area (Å²) in [6.07, 6.45) is 8.44. The lowest BCUT2D eigenvalue weighted by Gasteiger charge is -2.41. The standard InChI is InChI=1S/C20H33N3O5S/c1-14(2)15-6-8-16(9-7-15)27-13-18-17(22-29(3,25)26)5-4-12-23(18)20(24)19-10-11-21-28-19/h10-11,14-18,22H,4-9,12-13H2,1-3H3/t15?,16?,17-,18-/m0/s1. The quantitative estimate of drug-likeness (QED) is 0.717. The number of hydrogen-bond acceptors (Lipinski definition) is 6. The van der Waals surface area contributed by atoms with Crippen LogP contribution < -0.4 is 4.72 Å². The molecule has 2 aliphatic rings. The molecule has 0 bridgehead atoms.